The summed E-state index contributed by atoms with van der Waals surface area (Å²) in [6.07, 6.45) is 0. The maximum Gasteiger partial charge on any atom is 0.335 e. The minimum atomic E-state index is -1.07. The van der Waals surface area contributed by atoms with Gasteiger partial charge in [-0.3, -0.25) is 14.2 Å². The number of benzene rings is 3. The van der Waals surface area contributed by atoms with Gasteiger partial charge in [0.15, 0.2) is 11.5 Å². The van der Waals surface area contributed by atoms with Gasteiger partial charge in [0, 0.05) is 12.1 Å². The van der Waals surface area contributed by atoms with Gasteiger partial charge < -0.3 is 24.9 Å². The van der Waals surface area contributed by atoms with Crippen LogP contribution in [0.2, 0.25) is 0 Å². The first-order valence-corrected chi connectivity index (χ1v) is 11.1. The van der Waals surface area contributed by atoms with Crippen LogP contribution < -0.4 is 26.0 Å². The van der Waals surface area contributed by atoms with Crippen molar-refractivity contribution in [3.05, 3.63) is 104 Å². The van der Waals surface area contributed by atoms with Crippen molar-refractivity contribution >= 4 is 22.8 Å². The van der Waals surface area contributed by atoms with Crippen molar-refractivity contribution in [2.24, 2.45) is 0 Å². The lowest BCUT2D eigenvalue weighted by atomic mass is 10.1. The number of fused-ring (bicyclic) bond motifs is 2. The Bertz CT molecular complexity index is 1620. The Morgan fingerprint density at radius 3 is 2.47 bits per heavy atom. The predicted octanol–water partition coefficient (Wildman–Crippen LogP) is 2.66. The number of nitrogens with zero attached hydrogens (tertiary/aromatic N) is 1. The van der Waals surface area contributed by atoms with E-state index >= 15 is 0 Å². The number of carbonyl (C=O) groups excluding carboxylic acids is 1. The van der Waals surface area contributed by atoms with Crippen LogP contribution in [0.25, 0.3) is 10.9 Å². The van der Waals surface area contributed by atoms with E-state index < -0.39 is 23.3 Å². The minimum absolute atomic E-state index is 0.0992. The van der Waals surface area contributed by atoms with Gasteiger partial charge in [0.2, 0.25) is 6.79 Å². The van der Waals surface area contributed by atoms with Crippen LogP contribution in [0.5, 0.6) is 11.5 Å². The first-order chi connectivity index (χ1) is 17.3. The molecule has 1 aliphatic heterocycles. The molecule has 10 heteroatoms. The molecule has 1 aromatic heterocycles. The number of rotatable bonds is 6. The number of carbonyl (C=O) groups is 2. The Morgan fingerprint density at radius 1 is 1.00 bits per heavy atom. The highest BCUT2D eigenvalue weighted by Crippen LogP contribution is 2.32. The number of carboxylic acids is 1. The van der Waals surface area contributed by atoms with Crippen LogP contribution in [0.15, 0.2) is 70.3 Å². The molecular formula is C26H21N3O7. The summed E-state index contributed by atoms with van der Waals surface area (Å²) in [5.41, 5.74) is 0.908. The molecular weight excluding hydrogens is 466 g/mol. The van der Waals surface area contributed by atoms with Crippen LogP contribution in [-0.2, 0) is 6.54 Å². The standard InChI is InChI=1S/C26H21N3O7/c1-14(16-3-5-17(6-4-16)25(32)33)29-24(31)19-11-18(7-8-20(19)28-26(29)34)23(30)27-12-15-2-9-21-22(10-15)36-13-35-21/h2-11,14H,12-13H2,1H3,(H,27,30)(H,28,34)(H,32,33). The van der Waals surface area contributed by atoms with Gasteiger partial charge in [-0.05, 0) is 60.5 Å². The van der Waals surface area contributed by atoms with Crippen molar-refractivity contribution in [2.45, 2.75) is 19.5 Å². The Labute approximate surface area is 203 Å². The molecule has 0 spiro atoms. The second-order valence-electron chi connectivity index (χ2n) is 8.34. The molecule has 10 nitrogen and oxygen atoms in total. The summed E-state index contributed by atoms with van der Waals surface area (Å²) in [7, 11) is 0. The number of nitrogens with one attached hydrogen (secondary N) is 2. The fourth-order valence-corrected chi connectivity index (χ4v) is 4.11. The zero-order chi connectivity index (χ0) is 25.4. The summed E-state index contributed by atoms with van der Waals surface area (Å²) in [6.45, 7) is 2.07. The number of amides is 1. The zero-order valence-electron chi connectivity index (χ0n) is 19.1. The maximum absolute atomic E-state index is 13.3. The second kappa shape index (κ2) is 9.06. The van der Waals surface area contributed by atoms with Crippen molar-refractivity contribution < 1.29 is 24.2 Å². The fourth-order valence-electron chi connectivity index (χ4n) is 4.11. The Kier molecular flexibility index (Phi) is 5.77. The van der Waals surface area contributed by atoms with E-state index in [1.54, 1.807) is 31.2 Å². The van der Waals surface area contributed by atoms with Crippen molar-refractivity contribution in [3.63, 3.8) is 0 Å². The molecule has 0 bridgehead atoms. The first kappa shape index (κ1) is 22.9. The summed E-state index contributed by atoms with van der Waals surface area (Å²) in [5, 5.41) is 12.1. The highest BCUT2D eigenvalue weighted by atomic mass is 16.7. The molecule has 1 atom stereocenters. The maximum atomic E-state index is 13.3. The van der Waals surface area contributed by atoms with Crippen LogP contribution in [-0.4, -0.2) is 33.3 Å². The van der Waals surface area contributed by atoms with Crippen molar-refractivity contribution in [3.8, 4) is 11.5 Å². The molecule has 5 rings (SSSR count). The number of aromatic carboxylic acids is 1. The quantitative estimate of drug-likeness (QED) is 0.380. The average Bonchev–Trinajstić information content (AvgIpc) is 3.35. The summed E-state index contributed by atoms with van der Waals surface area (Å²) in [5.74, 6) is -0.191. The summed E-state index contributed by atoms with van der Waals surface area (Å²) >= 11 is 0. The lowest BCUT2D eigenvalue weighted by Gasteiger charge is -2.15. The third-order valence-corrected chi connectivity index (χ3v) is 6.11. The molecule has 182 valence electrons. The Hall–Kier alpha value is -4.86. The van der Waals surface area contributed by atoms with Crippen LogP contribution in [0, 0.1) is 0 Å². The van der Waals surface area contributed by atoms with Crippen LogP contribution in [0.3, 0.4) is 0 Å². The zero-order valence-corrected chi connectivity index (χ0v) is 19.1. The number of H-pyrrole nitrogens is 1. The molecule has 2 heterocycles. The van der Waals surface area contributed by atoms with Gasteiger partial charge in [-0.25, -0.2) is 9.59 Å². The van der Waals surface area contributed by atoms with E-state index in [1.807, 2.05) is 6.07 Å². The highest BCUT2D eigenvalue weighted by Gasteiger charge is 2.18. The number of hydrogen-bond donors (Lipinski definition) is 3. The summed E-state index contributed by atoms with van der Waals surface area (Å²) < 4.78 is 11.7. The van der Waals surface area contributed by atoms with Gasteiger partial charge in [0.25, 0.3) is 11.5 Å². The van der Waals surface area contributed by atoms with Crippen LogP contribution in [0.1, 0.15) is 44.8 Å². The largest absolute Gasteiger partial charge is 0.478 e. The van der Waals surface area contributed by atoms with Crippen LogP contribution in [0.4, 0.5) is 0 Å². The minimum Gasteiger partial charge on any atom is -0.478 e. The average molecular weight is 487 g/mol. The lowest BCUT2D eigenvalue weighted by molar-refractivity contribution is 0.0696. The van der Waals surface area contributed by atoms with E-state index in [2.05, 4.69) is 10.3 Å². The van der Waals surface area contributed by atoms with Gasteiger partial charge in [-0.2, -0.15) is 0 Å². The second-order valence-corrected chi connectivity index (χ2v) is 8.34. The molecule has 0 fully saturated rings. The predicted molar refractivity (Wildman–Crippen MR) is 130 cm³/mol. The van der Waals surface area contributed by atoms with Gasteiger partial charge in [-0.1, -0.05) is 18.2 Å². The molecule has 36 heavy (non-hydrogen) atoms. The third kappa shape index (κ3) is 4.20. The number of aromatic amines is 1. The van der Waals surface area contributed by atoms with E-state index in [0.29, 0.717) is 22.6 Å². The SMILES string of the molecule is CC(c1ccc(C(=O)O)cc1)n1c(=O)[nH]c2ccc(C(=O)NCc3ccc4c(c3)OCO4)cc2c1=O. The van der Waals surface area contributed by atoms with Crippen molar-refractivity contribution in [2.75, 3.05) is 6.79 Å². The van der Waals surface area contributed by atoms with E-state index in [9.17, 15) is 19.2 Å². The third-order valence-electron chi connectivity index (χ3n) is 6.11. The molecule has 3 aromatic carbocycles. The van der Waals surface area contributed by atoms with E-state index in [-0.39, 0.29) is 35.8 Å². The fraction of sp³-hybridized carbons (Fsp3) is 0.154. The molecule has 0 radical (unpaired) electrons. The smallest absolute Gasteiger partial charge is 0.335 e. The Balaban J connectivity index is 1.42. The molecule has 0 saturated carbocycles. The molecule has 0 saturated heterocycles. The summed E-state index contributed by atoms with van der Waals surface area (Å²) in [6, 6.07) is 15.2. The van der Waals surface area contributed by atoms with Gasteiger partial charge in [0.1, 0.15) is 0 Å². The molecule has 1 aliphatic rings. The van der Waals surface area contributed by atoms with Crippen LogP contribution >= 0.6 is 0 Å². The number of ether oxygens (including phenoxy) is 2. The topological polar surface area (TPSA) is 140 Å². The molecule has 3 N–H and O–H groups in total. The monoisotopic (exact) mass is 487 g/mol. The molecule has 1 unspecified atom stereocenters. The van der Waals surface area contributed by atoms with E-state index in [4.69, 9.17) is 14.6 Å². The van der Waals surface area contributed by atoms with Gasteiger partial charge in [0.05, 0.1) is 22.5 Å². The highest BCUT2D eigenvalue weighted by molar-refractivity contribution is 5.97. The number of hydrogen-bond acceptors (Lipinski definition) is 6. The Morgan fingerprint density at radius 2 is 1.72 bits per heavy atom. The van der Waals surface area contributed by atoms with E-state index in [0.717, 1.165) is 10.1 Å². The molecule has 0 aliphatic carbocycles. The van der Waals surface area contributed by atoms with Crippen molar-refractivity contribution in [1.82, 2.24) is 14.9 Å². The van der Waals surface area contributed by atoms with Gasteiger partial charge in [-0.15, -0.1) is 0 Å². The lowest BCUT2D eigenvalue weighted by Crippen LogP contribution is -2.37. The van der Waals surface area contributed by atoms with Crippen molar-refractivity contribution in [1.29, 1.82) is 0 Å². The van der Waals surface area contributed by atoms with Gasteiger partial charge >= 0.3 is 11.7 Å². The number of carboxylic acid groups (broad SMARTS) is 1. The molecule has 1 amide bonds. The summed E-state index contributed by atoms with van der Waals surface area (Å²) in [4.78, 5) is 52.6. The normalized spacial score (nSPS) is 12.9. The van der Waals surface area contributed by atoms with E-state index in [1.165, 1.54) is 30.3 Å². The first-order valence-electron chi connectivity index (χ1n) is 11.1. The number of aromatic nitrogens is 2. The molecule has 4 aromatic rings.